The summed E-state index contributed by atoms with van der Waals surface area (Å²) in [6.07, 6.45) is 0. The maximum atomic E-state index is 12.2. The molecule has 0 fully saturated rings. The molecule has 0 saturated carbocycles. The third-order valence-corrected chi connectivity index (χ3v) is 3.36. The van der Waals surface area contributed by atoms with Crippen molar-refractivity contribution in [1.82, 2.24) is 0 Å². The average molecular weight is 300 g/mol. The SMILES string of the molecule is COc1ccc(C(=O)Nc2cc(C(N)=S)ccc2C)cc1. The first-order valence-corrected chi connectivity index (χ1v) is 6.78. The Labute approximate surface area is 128 Å². The van der Waals surface area contributed by atoms with Gasteiger partial charge in [0.2, 0.25) is 0 Å². The molecule has 0 aromatic heterocycles. The normalized spacial score (nSPS) is 10.0. The van der Waals surface area contributed by atoms with Gasteiger partial charge in [-0.1, -0.05) is 24.4 Å². The molecule has 0 saturated heterocycles. The lowest BCUT2D eigenvalue weighted by atomic mass is 10.1. The monoisotopic (exact) mass is 300 g/mol. The molecule has 2 aromatic carbocycles. The van der Waals surface area contributed by atoms with Gasteiger partial charge < -0.3 is 15.8 Å². The fourth-order valence-electron chi connectivity index (χ4n) is 1.85. The summed E-state index contributed by atoms with van der Waals surface area (Å²) in [5.41, 5.74) is 8.52. The number of benzene rings is 2. The maximum absolute atomic E-state index is 12.2. The third kappa shape index (κ3) is 3.58. The summed E-state index contributed by atoms with van der Waals surface area (Å²) >= 11 is 4.95. The van der Waals surface area contributed by atoms with E-state index in [0.29, 0.717) is 22.0 Å². The number of nitrogens with two attached hydrogens (primary N) is 1. The van der Waals surface area contributed by atoms with E-state index in [1.54, 1.807) is 37.4 Å². The second-order valence-corrected chi connectivity index (χ2v) is 5.02. The van der Waals surface area contributed by atoms with Gasteiger partial charge in [0.05, 0.1) is 7.11 Å². The van der Waals surface area contributed by atoms with Crippen LogP contribution >= 0.6 is 12.2 Å². The zero-order valence-electron chi connectivity index (χ0n) is 11.8. The Balaban J connectivity index is 2.22. The number of hydrogen-bond acceptors (Lipinski definition) is 3. The van der Waals surface area contributed by atoms with Crippen molar-refractivity contribution in [2.24, 2.45) is 5.73 Å². The highest BCUT2D eigenvalue weighted by Gasteiger charge is 2.09. The topological polar surface area (TPSA) is 64.3 Å². The number of methoxy groups -OCH3 is 1. The Morgan fingerprint density at radius 1 is 1.14 bits per heavy atom. The summed E-state index contributed by atoms with van der Waals surface area (Å²) in [7, 11) is 1.58. The number of amides is 1. The zero-order valence-corrected chi connectivity index (χ0v) is 12.7. The summed E-state index contributed by atoms with van der Waals surface area (Å²) in [6.45, 7) is 1.91. The second kappa shape index (κ2) is 6.37. The van der Waals surface area contributed by atoms with Gasteiger partial charge in [-0.3, -0.25) is 4.79 Å². The van der Waals surface area contributed by atoms with Crippen LogP contribution in [0.2, 0.25) is 0 Å². The lowest BCUT2D eigenvalue weighted by Gasteiger charge is -2.10. The Morgan fingerprint density at radius 3 is 2.33 bits per heavy atom. The minimum absolute atomic E-state index is 0.194. The van der Waals surface area contributed by atoms with Gasteiger partial charge in [-0.2, -0.15) is 0 Å². The first kappa shape index (κ1) is 15.0. The molecule has 0 atom stereocenters. The predicted octanol–water partition coefficient (Wildman–Crippen LogP) is 2.89. The fourth-order valence-corrected chi connectivity index (χ4v) is 1.97. The molecule has 108 valence electrons. The van der Waals surface area contributed by atoms with Crippen molar-refractivity contribution >= 4 is 28.8 Å². The van der Waals surface area contributed by atoms with Crippen LogP contribution in [0.15, 0.2) is 42.5 Å². The molecule has 21 heavy (non-hydrogen) atoms. The highest BCUT2D eigenvalue weighted by molar-refractivity contribution is 7.80. The van der Waals surface area contributed by atoms with Gasteiger partial charge in [-0.15, -0.1) is 0 Å². The van der Waals surface area contributed by atoms with E-state index in [9.17, 15) is 4.79 Å². The lowest BCUT2D eigenvalue weighted by molar-refractivity contribution is 0.102. The van der Waals surface area contributed by atoms with Crippen molar-refractivity contribution < 1.29 is 9.53 Å². The van der Waals surface area contributed by atoms with Gasteiger partial charge in [0.1, 0.15) is 10.7 Å². The number of nitrogens with one attached hydrogen (secondary N) is 1. The van der Waals surface area contributed by atoms with Crippen LogP contribution in [0.5, 0.6) is 5.75 Å². The molecule has 2 rings (SSSR count). The number of rotatable bonds is 4. The first-order valence-electron chi connectivity index (χ1n) is 6.37. The van der Waals surface area contributed by atoms with Crippen molar-refractivity contribution in [1.29, 1.82) is 0 Å². The minimum atomic E-state index is -0.194. The van der Waals surface area contributed by atoms with E-state index in [0.717, 1.165) is 11.1 Å². The smallest absolute Gasteiger partial charge is 0.255 e. The molecule has 3 N–H and O–H groups in total. The summed E-state index contributed by atoms with van der Waals surface area (Å²) in [5.74, 6) is 0.513. The number of anilines is 1. The fraction of sp³-hybridized carbons (Fsp3) is 0.125. The molecule has 4 nitrogen and oxygen atoms in total. The summed E-state index contributed by atoms with van der Waals surface area (Å²) < 4.78 is 5.07. The largest absolute Gasteiger partial charge is 0.497 e. The van der Waals surface area contributed by atoms with Crippen molar-refractivity contribution in [3.63, 3.8) is 0 Å². The van der Waals surface area contributed by atoms with Crippen molar-refractivity contribution in [3.8, 4) is 5.75 Å². The van der Waals surface area contributed by atoms with Crippen LogP contribution in [-0.2, 0) is 0 Å². The highest BCUT2D eigenvalue weighted by atomic mass is 32.1. The molecule has 0 aliphatic rings. The van der Waals surface area contributed by atoms with Gasteiger partial charge in [-0.05, 0) is 42.8 Å². The van der Waals surface area contributed by atoms with E-state index in [1.807, 2.05) is 19.1 Å². The maximum Gasteiger partial charge on any atom is 0.255 e. The quantitative estimate of drug-likeness (QED) is 0.852. The van der Waals surface area contributed by atoms with Crippen LogP contribution in [-0.4, -0.2) is 18.0 Å². The van der Waals surface area contributed by atoms with Crippen LogP contribution in [0.25, 0.3) is 0 Å². The standard InChI is InChI=1S/C16H16N2O2S/c1-10-3-4-12(15(17)21)9-14(10)18-16(19)11-5-7-13(20-2)8-6-11/h3-9H,1-2H3,(H2,17,21)(H,18,19). The Hall–Kier alpha value is -2.40. The first-order chi connectivity index (χ1) is 10.0. The second-order valence-electron chi connectivity index (χ2n) is 4.58. The third-order valence-electron chi connectivity index (χ3n) is 3.12. The van der Waals surface area contributed by atoms with Crippen LogP contribution in [0, 0.1) is 6.92 Å². The van der Waals surface area contributed by atoms with Crippen molar-refractivity contribution in [2.75, 3.05) is 12.4 Å². The predicted molar refractivity (Wildman–Crippen MR) is 88.0 cm³/mol. The van der Waals surface area contributed by atoms with E-state index >= 15 is 0 Å². The lowest BCUT2D eigenvalue weighted by Crippen LogP contribution is -2.14. The Kier molecular flexibility index (Phi) is 4.55. The van der Waals surface area contributed by atoms with E-state index in [4.69, 9.17) is 22.7 Å². The number of thiocarbonyl (C=S) groups is 1. The van der Waals surface area contributed by atoms with Gasteiger partial charge in [-0.25, -0.2) is 0 Å². The van der Waals surface area contributed by atoms with Crippen LogP contribution in [0.4, 0.5) is 5.69 Å². The molecule has 2 aromatic rings. The van der Waals surface area contributed by atoms with Gasteiger partial charge in [0, 0.05) is 16.8 Å². The minimum Gasteiger partial charge on any atom is -0.497 e. The number of carbonyl (C=O) groups excluding carboxylic acids is 1. The molecule has 0 aliphatic carbocycles. The molecule has 0 radical (unpaired) electrons. The summed E-state index contributed by atoms with van der Waals surface area (Å²) in [6, 6.07) is 12.4. The van der Waals surface area contributed by atoms with Crippen molar-refractivity contribution in [3.05, 3.63) is 59.2 Å². The van der Waals surface area contributed by atoms with Gasteiger partial charge in [0.25, 0.3) is 5.91 Å². The number of carbonyl (C=O) groups is 1. The van der Waals surface area contributed by atoms with Crippen molar-refractivity contribution in [2.45, 2.75) is 6.92 Å². The van der Waals surface area contributed by atoms with Crippen LogP contribution in [0.1, 0.15) is 21.5 Å². The molecule has 0 aliphatic heterocycles. The van der Waals surface area contributed by atoms with E-state index < -0.39 is 0 Å². The molecule has 0 heterocycles. The molecule has 1 amide bonds. The summed E-state index contributed by atoms with van der Waals surface area (Å²) in [5, 5.41) is 2.86. The summed E-state index contributed by atoms with van der Waals surface area (Å²) in [4.78, 5) is 12.5. The molecule has 0 bridgehead atoms. The molecule has 0 spiro atoms. The number of aryl methyl sites for hydroxylation is 1. The highest BCUT2D eigenvalue weighted by Crippen LogP contribution is 2.19. The number of hydrogen-bond donors (Lipinski definition) is 2. The average Bonchev–Trinajstić information content (AvgIpc) is 2.49. The van der Waals surface area contributed by atoms with E-state index in [-0.39, 0.29) is 5.91 Å². The van der Waals surface area contributed by atoms with E-state index in [1.165, 1.54) is 0 Å². The van der Waals surface area contributed by atoms with Crippen LogP contribution < -0.4 is 15.8 Å². The Morgan fingerprint density at radius 2 is 1.76 bits per heavy atom. The van der Waals surface area contributed by atoms with Crippen LogP contribution in [0.3, 0.4) is 0 Å². The van der Waals surface area contributed by atoms with E-state index in [2.05, 4.69) is 5.32 Å². The number of ether oxygens (including phenoxy) is 1. The molecular formula is C16H16N2O2S. The molecule has 5 heteroatoms. The zero-order chi connectivity index (χ0) is 15.4. The molecular weight excluding hydrogens is 284 g/mol. The van der Waals surface area contributed by atoms with Gasteiger partial charge in [0.15, 0.2) is 0 Å². The van der Waals surface area contributed by atoms with Gasteiger partial charge >= 0.3 is 0 Å². The Bertz CT molecular complexity index is 681. The molecule has 0 unspecified atom stereocenters.